The monoisotopic (exact) mass is 168 g/mol. The highest BCUT2D eigenvalue weighted by atomic mass is 16.6. The molecule has 1 rings (SSSR count). The van der Waals surface area contributed by atoms with Gasteiger partial charge in [0, 0.05) is 6.92 Å². The largest absolute Gasteiger partial charge is 0.381 e. The second-order valence-corrected chi connectivity index (χ2v) is 2.40. The van der Waals surface area contributed by atoms with Crippen molar-refractivity contribution in [3.05, 3.63) is 28.7 Å². The lowest BCUT2D eigenvalue weighted by Gasteiger charge is -1.94. The van der Waals surface area contributed by atoms with E-state index < -0.39 is 4.92 Å². The van der Waals surface area contributed by atoms with Gasteiger partial charge in [0.2, 0.25) is 5.82 Å². The standard InChI is InChI=1S/C7H10N3O2/c1-3-4-9-5-7(10(11)12)8-6(9)2/h4-5H,3H2,1-2H3. The van der Waals surface area contributed by atoms with E-state index in [0.29, 0.717) is 5.82 Å². The molecule has 0 N–H and O–H groups in total. The van der Waals surface area contributed by atoms with Gasteiger partial charge in [-0.1, -0.05) is 6.92 Å². The average Bonchev–Trinajstić information content (AvgIpc) is 2.34. The van der Waals surface area contributed by atoms with Crippen LogP contribution in [0.2, 0.25) is 0 Å². The maximum atomic E-state index is 10.3. The zero-order chi connectivity index (χ0) is 9.14. The fourth-order valence-electron chi connectivity index (χ4n) is 0.940. The van der Waals surface area contributed by atoms with Crippen molar-refractivity contribution in [2.45, 2.75) is 20.3 Å². The van der Waals surface area contributed by atoms with Crippen molar-refractivity contribution in [3.63, 3.8) is 0 Å². The van der Waals surface area contributed by atoms with Crippen molar-refractivity contribution in [3.8, 4) is 0 Å². The van der Waals surface area contributed by atoms with Crippen molar-refractivity contribution in [1.82, 2.24) is 9.55 Å². The van der Waals surface area contributed by atoms with Gasteiger partial charge in [0.1, 0.15) is 6.20 Å². The lowest BCUT2D eigenvalue weighted by molar-refractivity contribution is -0.389. The third-order valence-corrected chi connectivity index (χ3v) is 1.47. The first-order valence-electron chi connectivity index (χ1n) is 3.68. The van der Waals surface area contributed by atoms with Gasteiger partial charge in [-0.05, 0) is 16.3 Å². The Morgan fingerprint density at radius 3 is 2.92 bits per heavy atom. The van der Waals surface area contributed by atoms with Crippen molar-refractivity contribution >= 4 is 5.82 Å². The minimum atomic E-state index is -0.493. The summed E-state index contributed by atoms with van der Waals surface area (Å²) in [5.74, 6) is 0.542. The number of aryl methyl sites for hydroxylation is 1. The summed E-state index contributed by atoms with van der Waals surface area (Å²) in [5, 5.41) is 10.3. The predicted molar refractivity (Wildman–Crippen MR) is 43.6 cm³/mol. The lowest BCUT2D eigenvalue weighted by Crippen LogP contribution is -1.93. The predicted octanol–water partition coefficient (Wildman–Crippen LogP) is 1.52. The number of nitro groups is 1. The molecule has 0 fully saturated rings. The molecule has 0 aliphatic carbocycles. The van der Waals surface area contributed by atoms with Crippen LogP contribution in [0.3, 0.4) is 0 Å². The molecule has 1 aromatic rings. The topological polar surface area (TPSA) is 61.0 Å². The molecule has 0 amide bonds. The van der Waals surface area contributed by atoms with E-state index in [0.717, 1.165) is 6.42 Å². The normalized spacial score (nSPS) is 10.2. The average molecular weight is 168 g/mol. The third kappa shape index (κ3) is 1.61. The zero-order valence-corrected chi connectivity index (χ0v) is 7.02. The van der Waals surface area contributed by atoms with E-state index >= 15 is 0 Å². The zero-order valence-electron chi connectivity index (χ0n) is 7.02. The van der Waals surface area contributed by atoms with Crippen LogP contribution in [0, 0.1) is 23.6 Å². The molecular formula is C7H10N3O2. The molecule has 65 valence electrons. The molecule has 5 heteroatoms. The Kier molecular flexibility index (Phi) is 2.42. The molecule has 0 aliphatic heterocycles. The van der Waals surface area contributed by atoms with Crippen molar-refractivity contribution in [1.29, 1.82) is 0 Å². The van der Waals surface area contributed by atoms with Crippen molar-refractivity contribution in [2.75, 3.05) is 0 Å². The van der Waals surface area contributed by atoms with Crippen LogP contribution in [0.5, 0.6) is 0 Å². The summed E-state index contributed by atoms with van der Waals surface area (Å²) >= 11 is 0. The first-order valence-corrected chi connectivity index (χ1v) is 3.68. The molecule has 5 nitrogen and oxygen atoms in total. The van der Waals surface area contributed by atoms with E-state index in [1.54, 1.807) is 11.5 Å². The molecule has 0 atom stereocenters. The molecule has 0 aliphatic rings. The number of hydrogen-bond acceptors (Lipinski definition) is 3. The highest BCUT2D eigenvalue weighted by Crippen LogP contribution is 2.11. The summed E-state index contributed by atoms with van der Waals surface area (Å²) in [5.41, 5.74) is 0. The Morgan fingerprint density at radius 1 is 1.83 bits per heavy atom. The molecule has 0 aromatic carbocycles. The van der Waals surface area contributed by atoms with Crippen LogP contribution in [0.25, 0.3) is 0 Å². The number of hydrogen-bond donors (Lipinski definition) is 0. The summed E-state index contributed by atoms with van der Waals surface area (Å²) in [7, 11) is 0. The minimum absolute atomic E-state index is 0.0998. The number of nitrogens with zero attached hydrogens (tertiary/aromatic N) is 3. The maximum Gasteiger partial charge on any atom is 0.381 e. The van der Waals surface area contributed by atoms with Gasteiger partial charge in [-0.2, -0.15) is 0 Å². The van der Waals surface area contributed by atoms with Crippen LogP contribution in [-0.4, -0.2) is 14.5 Å². The van der Waals surface area contributed by atoms with Crippen LogP contribution in [0.15, 0.2) is 6.20 Å². The third-order valence-electron chi connectivity index (χ3n) is 1.47. The molecule has 12 heavy (non-hydrogen) atoms. The molecule has 0 spiro atoms. The Bertz CT molecular complexity index is 293. The van der Waals surface area contributed by atoms with Gasteiger partial charge in [0.05, 0.1) is 6.54 Å². The van der Waals surface area contributed by atoms with E-state index in [4.69, 9.17) is 0 Å². The van der Waals surface area contributed by atoms with E-state index in [1.807, 2.05) is 13.5 Å². The van der Waals surface area contributed by atoms with Gasteiger partial charge < -0.3 is 14.7 Å². The Morgan fingerprint density at radius 2 is 2.50 bits per heavy atom. The summed E-state index contributed by atoms with van der Waals surface area (Å²) in [6.45, 7) is 5.54. The highest BCUT2D eigenvalue weighted by molar-refractivity contribution is 5.18. The van der Waals surface area contributed by atoms with Crippen LogP contribution in [0.4, 0.5) is 5.82 Å². The first kappa shape index (κ1) is 8.70. The van der Waals surface area contributed by atoms with Crippen molar-refractivity contribution in [2.24, 2.45) is 0 Å². The molecule has 0 saturated carbocycles. The number of imidazole rings is 1. The smallest absolute Gasteiger partial charge is 0.358 e. The van der Waals surface area contributed by atoms with Crippen LogP contribution >= 0.6 is 0 Å². The SMILES string of the molecule is CC[CH]n1cc([N+](=O)[O-])nc1C. The van der Waals surface area contributed by atoms with Crippen LogP contribution in [-0.2, 0) is 0 Å². The van der Waals surface area contributed by atoms with Gasteiger partial charge in [0.15, 0.2) is 0 Å². The minimum Gasteiger partial charge on any atom is -0.358 e. The molecule has 0 bridgehead atoms. The molecule has 1 heterocycles. The number of aromatic nitrogens is 2. The van der Waals surface area contributed by atoms with Crippen LogP contribution in [0.1, 0.15) is 19.2 Å². The second kappa shape index (κ2) is 3.34. The van der Waals surface area contributed by atoms with E-state index in [-0.39, 0.29) is 5.82 Å². The Hall–Kier alpha value is -1.39. The van der Waals surface area contributed by atoms with E-state index in [9.17, 15) is 10.1 Å². The quantitative estimate of drug-likeness (QED) is 0.507. The van der Waals surface area contributed by atoms with E-state index in [1.165, 1.54) is 6.20 Å². The van der Waals surface area contributed by atoms with Gasteiger partial charge in [-0.3, -0.25) is 0 Å². The van der Waals surface area contributed by atoms with Crippen molar-refractivity contribution < 1.29 is 4.92 Å². The Labute approximate surface area is 70.2 Å². The summed E-state index contributed by atoms with van der Waals surface area (Å²) < 4.78 is 1.66. The lowest BCUT2D eigenvalue weighted by atomic mass is 10.5. The van der Waals surface area contributed by atoms with E-state index in [2.05, 4.69) is 4.98 Å². The second-order valence-electron chi connectivity index (χ2n) is 2.40. The summed E-state index contributed by atoms with van der Waals surface area (Å²) in [6.07, 6.45) is 2.24. The molecule has 1 radical (unpaired) electrons. The van der Waals surface area contributed by atoms with Gasteiger partial charge >= 0.3 is 5.82 Å². The first-order chi connectivity index (χ1) is 5.65. The summed E-state index contributed by atoms with van der Waals surface area (Å²) in [6, 6.07) is 0. The summed E-state index contributed by atoms with van der Waals surface area (Å²) in [4.78, 5) is 13.6. The fraction of sp³-hybridized carbons (Fsp3) is 0.429. The number of rotatable bonds is 3. The van der Waals surface area contributed by atoms with Gasteiger partial charge in [-0.25, -0.2) is 0 Å². The molecular weight excluding hydrogens is 158 g/mol. The molecule has 1 aromatic heterocycles. The van der Waals surface area contributed by atoms with Gasteiger partial charge in [-0.15, -0.1) is 0 Å². The fourth-order valence-corrected chi connectivity index (χ4v) is 0.940. The molecule has 0 unspecified atom stereocenters. The van der Waals surface area contributed by atoms with Gasteiger partial charge in [0.25, 0.3) is 0 Å². The van der Waals surface area contributed by atoms with Crippen LogP contribution < -0.4 is 0 Å². The Balaban J connectivity index is 2.92. The maximum absolute atomic E-state index is 10.3. The molecule has 0 saturated heterocycles. The highest BCUT2D eigenvalue weighted by Gasteiger charge is 2.13.